The van der Waals surface area contributed by atoms with Crippen LogP contribution in [0.1, 0.15) is 129 Å². The fourth-order valence-corrected chi connectivity index (χ4v) is 6.08. The van der Waals surface area contributed by atoms with Crippen LogP contribution in [0.3, 0.4) is 0 Å². The van der Waals surface area contributed by atoms with Gasteiger partial charge in [0.1, 0.15) is 5.75 Å². The lowest BCUT2D eigenvalue weighted by Gasteiger charge is -2.20. The summed E-state index contributed by atoms with van der Waals surface area (Å²) >= 11 is 6.17. The maximum Gasteiger partial charge on any atom is 0.379 e. The van der Waals surface area contributed by atoms with Gasteiger partial charge in [0.2, 0.25) is 0 Å². The van der Waals surface area contributed by atoms with Gasteiger partial charge in [-0.1, -0.05) is 140 Å². The summed E-state index contributed by atoms with van der Waals surface area (Å²) in [7, 11) is -3.16. The summed E-state index contributed by atoms with van der Waals surface area (Å²) in [5, 5.41) is 0.472. The van der Waals surface area contributed by atoms with Gasteiger partial charge in [-0.2, -0.15) is 0 Å². The van der Waals surface area contributed by atoms with Crippen LogP contribution in [0.5, 0.6) is 5.75 Å². The Labute approximate surface area is 209 Å². The van der Waals surface area contributed by atoms with Crippen LogP contribution in [-0.2, 0) is 9.09 Å². The van der Waals surface area contributed by atoms with Crippen molar-refractivity contribution in [3.8, 4) is 5.75 Å². The first-order valence-electron chi connectivity index (χ1n) is 13.8. The highest BCUT2D eigenvalue weighted by atomic mass is 35.5. The molecule has 0 saturated carbocycles. The Morgan fingerprint density at radius 3 is 1.61 bits per heavy atom. The summed E-state index contributed by atoms with van der Waals surface area (Å²) in [5.74, 6) is 0.450. The van der Waals surface area contributed by atoms with Gasteiger partial charge in [0, 0.05) is 0 Å². The molecular formula is C28H50ClO3P. The van der Waals surface area contributed by atoms with Crippen molar-refractivity contribution in [2.45, 2.75) is 129 Å². The molecule has 0 N–H and O–H groups in total. The Morgan fingerprint density at radius 1 is 0.667 bits per heavy atom. The second kappa shape index (κ2) is 20.8. The second-order valence-corrected chi connectivity index (χ2v) is 11.9. The van der Waals surface area contributed by atoms with Crippen molar-refractivity contribution in [1.82, 2.24) is 0 Å². The summed E-state index contributed by atoms with van der Waals surface area (Å²) in [6, 6.07) is 7.17. The molecule has 1 atom stereocenters. The molecule has 33 heavy (non-hydrogen) atoms. The van der Waals surface area contributed by atoms with Crippen molar-refractivity contribution < 1.29 is 13.6 Å². The Kier molecular flexibility index (Phi) is 19.3. The van der Waals surface area contributed by atoms with Gasteiger partial charge >= 0.3 is 7.60 Å². The van der Waals surface area contributed by atoms with E-state index in [4.69, 9.17) is 20.6 Å². The predicted molar refractivity (Wildman–Crippen MR) is 145 cm³/mol. The van der Waals surface area contributed by atoms with Gasteiger partial charge in [-0.05, 0) is 25.0 Å². The number of para-hydroxylation sites is 1. The number of halogens is 1. The highest BCUT2D eigenvalue weighted by Gasteiger charge is 2.26. The van der Waals surface area contributed by atoms with Crippen LogP contribution in [0, 0.1) is 0 Å². The number of benzene rings is 1. The smallest absolute Gasteiger partial charge is 0.379 e. The summed E-state index contributed by atoms with van der Waals surface area (Å²) in [6.45, 7) is 4.85. The normalized spacial score (nSPS) is 13.2. The Balaban J connectivity index is 2.02. The molecule has 0 amide bonds. The third kappa shape index (κ3) is 16.7. The van der Waals surface area contributed by atoms with Crippen molar-refractivity contribution in [2.24, 2.45) is 0 Å². The van der Waals surface area contributed by atoms with Crippen LogP contribution in [-0.4, -0.2) is 12.8 Å². The number of unbranched alkanes of at least 4 members (excludes halogenated alkanes) is 16. The lowest BCUT2D eigenvalue weighted by Crippen LogP contribution is -2.04. The van der Waals surface area contributed by atoms with E-state index in [-0.39, 0.29) is 0 Å². The van der Waals surface area contributed by atoms with E-state index >= 15 is 0 Å². The van der Waals surface area contributed by atoms with Crippen molar-refractivity contribution >= 4 is 19.2 Å². The molecule has 0 spiro atoms. The van der Waals surface area contributed by atoms with Crippen molar-refractivity contribution in [2.75, 3.05) is 12.8 Å². The van der Waals surface area contributed by atoms with E-state index in [2.05, 4.69) is 13.8 Å². The summed E-state index contributed by atoms with van der Waals surface area (Å²) in [4.78, 5) is 0. The molecule has 0 aliphatic rings. The van der Waals surface area contributed by atoms with E-state index in [0.29, 0.717) is 23.5 Å². The summed E-state index contributed by atoms with van der Waals surface area (Å²) in [6.07, 6.45) is 23.6. The van der Waals surface area contributed by atoms with E-state index in [0.717, 1.165) is 25.7 Å². The SMILES string of the molecule is CCCCCCCCCCCCCCCCCCOP(=O)(CCCC)Oc1ccccc1Cl. The maximum atomic E-state index is 13.2. The molecule has 1 unspecified atom stereocenters. The zero-order valence-electron chi connectivity index (χ0n) is 21.5. The van der Waals surface area contributed by atoms with E-state index in [9.17, 15) is 4.57 Å². The molecule has 0 aliphatic heterocycles. The second-order valence-electron chi connectivity index (χ2n) is 9.35. The van der Waals surface area contributed by atoms with E-state index in [1.807, 2.05) is 12.1 Å². The minimum atomic E-state index is -3.16. The molecule has 0 saturated heterocycles. The molecule has 1 aromatic rings. The van der Waals surface area contributed by atoms with Crippen LogP contribution < -0.4 is 4.52 Å². The Morgan fingerprint density at radius 2 is 1.12 bits per heavy atom. The quantitative estimate of drug-likeness (QED) is 0.111. The Bertz CT molecular complexity index is 623. The summed E-state index contributed by atoms with van der Waals surface area (Å²) < 4.78 is 24.7. The molecule has 5 heteroatoms. The van der Waals surface area contributed by atoms with Crippen molar-refractivity contribution in [1.29, 1.82) is 0 Å². The average Bonchev–Trinajstić information content (AvgIpc) is 2.81. The first-order chi connectivity index (χ1) is 16.1. The molecule has 3 nitrogen and oxygen atoms in total. The van der Waals surface area contributed by atoms with Crippen LogP contribution in [0.15, 0.2) is 24.3 Å². The lowest BCUT2D eigenvalue weighted by molar-refractivity contribution is 0.257. The molecule has 0 radical (unpaired) electrons. The fourth-order valence-electron chi connectivity index (χ4n) is 4.01. The van der Waals surface area contributed by atoms with Gasteiger partial charge in [-0.3, -0.25) is 4.52 Å². The van der Waals surface area contributed by atoms with Crippen molar-refractivity contribution in [3.63, 3.8) is 0 Å². The minimum Gasteiger partial charge on any atom is -0.423 e. The van der Waals surface area contributed by atoms with E-state index in [1.54, 1.807) is 12.1 Å². The molecule has 192 valence electrons. The third-order valence-electron chi connectivity index (χ3n) is 6.15. The molecular weight excluding hydrogens is 451 g/mol. The first kappa shape index (κ1) is 30.5. The summed E-state index contributed by atoms with van der Waals surface area (Å²) in [5.41, 5.74) is 0. The first-order valence-corrected chi connectivity index (χ1v) is 15.9. The van der Waals surface area contributed by atoms with Crippen LogP contribution in [0.25, 0.3) is 0 Å². The van der Waals surface area contributed by atoms with Gasteiger partial charge in [0.15, 0.2) is 0 Å². The molecule has 0 aliphatic carbocycles. The van der Waals surface area contributed by atoms with Crippen LogP contribution in [0.4, 0.5) is 0 Å². The predicted octanol–water partition coefficient (Wildman–Crippen LogP) is 11.0. The topological polar surface area (TPSA) is 35.5 Å². The standard InChI is InChI=1S/C28H50ClO3P/c1-3-5-7-8-9-10-11-12-13-14-15-16-17-18-19-22-25-31-33(30,26-6-4-2)32-28-24-21-20-23-27(28)29/h20-21,23-24H,3-19,22,25-26H2,1-2H3. The molecule has 0 aromatic heterocycles. The van der Waals surface area contributed by atoms with Gasteiger partial charge < -0.3 is 4.52 Å². The number of hydrogen-bond acceptors (Lipinski definition) is 3. The molecule has 1 rings (SSSR count). The van der Waals surface area contributed by atoms with E-state index in [1.165, 1.54) is 89.9 Å². The van der Waals surface area contributed by atoms with Gasteiger partial charge in [0.25, 0.3) is 0 Å². The zero-order chi connectivity index (χ0) is 24.0. The highest BCUT2D eigenvalue weighted by molar-refractivity contribution is 7.54. The highest BCUT2D eigenvalue weighted by Crippen LogP contribution is 2.50. The number of rotatable bonds is 23. The maximum absolute atomic E-state index is 13.2. The molecule has 0 heterocycles. The van der Waals surface area contributed by atoms with Gasteiger partial charge in [-0.15, -0.1) is 0 Å². The zero-order valence-corrected chi connectivity index (χ0v) is 23.2. The molecule has 0 fully saturated rings. The van der Waals surface area contributed by atoms with E-state index < -0.39 is 7.60 Å². The fraction of sp³-hybridized carbons (Fsp3) is 0.786. The number of hydrogen-bond donors (Lipinski definition) is 0. The monoisotopic (exact) mass is 500 g/mol. The van der Waals surface area contributed by atoms with Crippen molar-refractivity contribution in [3.05, 3.63) is 29.3 Å². The van der Waals surface area contributed by atoms with Gasteiger partial charge in [-0.25, -0.2) is 4.57 Å². The lowest BCUT2D eigenvalue weighted by atomic mass is 10.0. The largest absolute Gasteiger partial charge is 0.423 e. The van der Waals surface area contributed by atoms with Gasteiger partial charge in [0.05, 0.1) is 17.8 Å². The van der Waals surface area contributed by atoms with Crippen LogP contribution >= 0.6 is 19.2 Å². The minimum absolute atomic E-state index is 0.438. The molecule has 1 aromatic carbocycles. The third-order valence-corrected chi connectivity index (χ3v) is 8.37. The average molecular weight is 501 g/mol. The molecule has 0 bridgehead atoms. The van der Waals surface area contributed by atoms with Crippen LogP contribution in [0.2, 0.25) is 5.02 Å². The Hall–Kier alpha value is -0.500.